The zero-order valence-corrected chi connectivity index (χ0v) is 12.5. The summed E-state index contributed by atoms with van der Waals surface area (Å²) < 4.78 is 53.2. The Morgan fingerprint density at radius 2 is 1.71 bits per heavy atom. The van der Waals surface area contributed by atoms with Crippen LogP contribution in [0.2, 0.25) is 10.0 Å². The lowest BCUT2D eigenvalue weighted by Gasteiger charge is -2.11. The Morgan fingerprint density at radius 1 is 1.05 bits per heavy atom. The van der Waals surface area contributed by atoms with Crippen molar-refractivity contribution in [1.29, 1.82) is 0 Å². The highest BCUT2D eigenvalue weighted by atomic mass is 35.5. The molecular weight excluding hydrogens is 345 g/mol. The molecule has 0 amide bonds. The quantitative estimate of drug-likeness (QED) is 0.828. The van der Waals surface area contributed by atoms with Crippen LogP contribution in [0, 0.1) is 11.6 Å². The van der Waals surface area contributed by atoms with Gasteiger partial charge in [0.1, 0.15) is 10.7 Å². The first-order valence-corrected chi connectivity index (χ1v) is 7.67. The molecule has 0 saturated carbocycles. The number of nitrogens with two attached hydrogens (primary N) is 1. The van der Waals surface area contributed by atoms with Crippen molar-refractivity contribution < 1.29 is 17.2 Å². The first-order valence-electron chi connectivity index (χ1n) is 5.43. The van der Waals surface area contributed by atoms with Gasteiger partial charge < -0.3 is 5.73 Å². The maximum Gasteiger partial charge on any atom is 0.264 e. The molecule has 4 nitrogen and oxygen atoms in total. The van der Waals surface area contributed by atoms with Gasteiger partial charge in [-0.15, -0.1) is 0 Å². The summed E-state index contributed by atoms with van der Waals surface area (Å²) in [4.78, 5) is -0.757. The number of benzene rings is 2. The molecule has 0 aliphatic heterocycles. The lowest BCUT2D eigenvalue weighted by atomic mass is 10.3. The van der Waals surface area contributed by atoms with Crippen LogP contribution >= 0.6 is 23.2 Å². The van der Waals surface area contributed by atoms with Gasteiger partial charge in [-0.05, 0) is 30.3 Å². The van der Waals surface area contributed by atoms with Crippen molar-refractivity contribution in [2.75, 3.05) is 10.5 Å². The number of hydrogen-bond donors (Lipinski definition) is 2. The molecule has 0 atom stereocenters. The fourth-order valence-electron chi connectivity index (χ4n) is 1.55. The molecule has 0 spiro atoms. The monoisotopic (exact) mass is 352 g/mol. The minimum Gasteiger partial charge on any atom is -0.399 e. The first-order chi connectivity index (χ1) is 9.70. The van der Waals surface area contributed by atoms with Gasteiger partial charge in [-0.25, -0.2) is 17.2 Å². The number of hydrogen-bond acceptors (Lipinski definition) is 3. The molecule has 2 aromatic rings. The van der Waals surface area contributed by atoms with Gasteiger partial charge in [-0.3, -0.25) is 4.72 Å². The molecule has 0 aliphatic rings. The summed E-state index contributed by atoms with van der Waals surface area (Å²) in [5.74, 6) is -1.87. The van der Waals surface area contributed by atoms with Gasteiger partial charge in [0.15, 0.2) is 5.82 Å². The van der Waals surface area contributed by atoms with Crippen LogP contribution in [0.5, 0.6) is 0 Å². The van der Waals surface area contributed by atoms with Crippen molar-refractivity contribution in [3.05, 3.63) is 52.0 Å². The topological polar surface area (TPSA) is 72.2 Å². The molecule has 2 rings (SSSR count). The summed E-state index contributed by atoms with van der Waals surface area (Å²) in [7, 11) is -4.37. The predicted octanol–water partition coefficient (Wildman–Crippen LogP) is 3.65. The summed E-state index contributed by atoms with van der Waals surface area (Å²) in [5.41, 5.74) is 5.18. The highest BCUT2D eigenvalue weighted by Gasteiger charge is 2.23. The van der Waals surface area contributed by atoms with E-state index < -0.39 is 31.6 Å². The van der Waals surface area contributed by atoms with Gasteiger partial charge in [0, 0.05) is 5.69 Å². The first kappa shape index (κ1) is 15.8. The third-order valence-electron chi connectivity index (χ3n) is 2.48. The third-order valence-corrected chi connectivity index (χ3v) is 4.45. The van der Waals surface area contributed by atoms with Crippen LogP contribution in [-0.4, -0.2) is 8.42 Å². The van der Waals surface area contributed by atoms with Crippen LogP contribution in [0.15, 0.2) is 35.2 Å². The van der Waals surface area contributed by atoms with Crippen molar-refractivity contribution in [2.45, 2.75) is 4.90 Å². The summed E-state index contributed by atoms with van der Waals surface area (Å²) in [5, 5.41) is -0.490. The Morgan fingerprint density at radius 3 is 2.38 bits per heavy atom. The van der Waals surface area contributed by atoms with E-state index in [1.165, 1.54) is 0 Å². The number of halogens is 4. The molecule has 0 bridgehead atoms. The van der Waals surface area contributed by atoms with E-state index in [1.54, 1.807) is 0 Å². The van der Waals surface area contributed by atoms with E-state index in [2.05, 4.69) is 0 Å². The lowest BCUT2D eigenvalue weighted by molar-refractivity contribution is 0.571. The van der Waals surface area contributed by atoms with Gasteiger partial charge in [0.2, 0.25) is 0 Å². The predicted molar refractivity (Wildman–Crippen MR) is 78.0 cm³/mol. The SMILES string of the molecule is Nc1cc(Cl)c(F)c(S(=O)(=O)Nc2cc(F)ccc2Cl)c1. The Balaban J connectivity index is 2.51. The molecule has 9 heteroatoms. The Kier molecular flexibility index (Phi) is 4.27. The van der Waals surface area contributed by atoms with Crippen molar-refractivity contribution >= 4 is 44.6 Å². The number of rotatable bonds is 3. The maximum atomic E-state index is 13.8. The molecule has 0 aromatic heterocycles. The fourth-order valence-corrected chi connectivity index (χ4v) is 3.26. The molecule has 3 N–H and O–H groups in total. The smallest absolute Gasteiger partial charge is 0.264 e. The third kappa shape index (κ3) is 3.37. The maximum absolute atomic E-state index is 13.8. The van der Waals surface area contributed by atoms with Crippen LogP contribution in [0.3, 0.4) is 0 Å². The molecule has 0 radical (unpaired) electrons. The Bertz CT molecular complexity index is 813. The van der Waals surface area contributed by atoms with Gasteiger partial charge in [-0.1, -0.05) is 23.2 Å². The average Bonchev–Trinajstić information content (AvgIpc) is 2.37. The Labute approximate surface area is 129 Å². The molecule has 21 heavy (non-hydrogen) atoms. The van der Waals surface area contributed by atoms with Crippen LogP contribution in [0.1, 0.15) is 0 Å². The van der Waals surface area contributed by atoms with Gasteiger partial charge in [0.25, 0.3) is 10.0 Å². The summed E-state index contributed by atoms with van der Waals surface area (Å²) in [6, 6.07) is 5.06. The van der Waals surface area contributed by atoms with E-state index in [1.807, 2.05) is 4.72 Å². The van der Waals surface area contributed by atoms with E-state index in [4.69, 9.17) is 28.9 Å². The second-order valence-electron chi connectivity index (χ2n) is 4.04. The zero-order valence-electron chi connectivity index (χ0n) is 10.2. The molecule has 0 aliphatic carbocycles. The lowest BCUT2D eigenvalue weighted by Crippen LogP contribution is -2.15. The van der Waals surface area contributed by atoms with Crippen LogP contribution < -0.4 is 10.5 Å². The summed E-state index contributed by atoms with van der Waals surface area (Å²) >= 11 is 11.3. The van der Waals surface area contributed by atoms with Crippen molar-refractivity contribution in [2.24, 2.45) is 0 Å². The van der Waals surface area contributed by atoms with Gasteiger partial charge in [0.05, 0.1) is 15.7 Å². The number of anilines is 2. The molecular formula is C12H8Cl2F2N2O2S. The van der Waals surface area contributed by atoms with Crippen molar-refractivity contribution in [3.8, 4) is 0 Å². The molecule has 2 aromatic carbocycles. The molecule has 0 saturated heterocycles. The summed E-state index contributed by atoms with van der Waals surface area (Å²) in [6.07, 6.45) is 0. The standard InChI is InChI=1S/C12H8Cl2F2N2O2S/c13-8-2-1-6(15)3-10(8)18-21(19,20)11-5-7(17)4-9(14)12(11)16/h1-5,18H,17H2. The van der Waals surface area contributed by atoms with E-state index in [-0.39, 0.29) is 16.4 Å². The van der Waals surface area contributed by atoms with Crippen molar-refractivity contribution in [1.82, 2.24) is 0 Å². The largest absolute Gasteiger partial charge is 0.399 e. The average molecular weight is 353 g/mol. The number of sulfonamides is 1. The second kappa shape index (κ2) is 5.67. The molecule has 0 heterocycles. The molecule has 0 unspecified atom stereocenters. The van der Waals surface area contributed by atoms with Crippen LogP contribution in [0.4, 0.5) is 20.2 Å². The molecule has 112 valence electrons. The van der Waals surface area contributed by atoms with E-state index in [0.717, 1.165) is 30.3 Å². The minimum atomic E-state index is -4.37. The van der Waals surface area contributed by atoms with Gasteiger partial charge >= 0.3 is 0 Å². The van der Waals surface area contributed by atoms with E-state index >= 15 is 0 Å². The molecule has 0 fully saturated rings. The van der Waals surface area contributed by atoms with E-state index in [9.17, 15) is 17.2 Å². The van der Waals surface area contributed by atoms with Crippen LogP contribution in [0.25, 0.3) is 0 Å². The number of nitrogen functional groups attached to an aromatic ring is 1. The fraction of sp³-hybridized carbons (Fsp3) is 0. The van der Waals surface area contributed by atoms with Crippen LogP contribution in [-0.2, 0) is 10.0 Å². The normalized spacial score (nSPS) is 11.4. The highest BCUT2D eigenvalue weighted by molar-refractivity contribution is 7.92. The zero-order chi connectivity index (χ0) is 15.8. The van der Waals surface area contributed by atoms with Crippen molar-refractivity contribution in [3.63, 3.8) is 0 Å². The second-order valence-corrected chi connectivity index (χ2v) is 6.51. The van der Waals surface area contributed by atoms with Gasteiger partial charge in [-0.2, -0.15) is 0 Å². The minimum absolute atomic E-state index is 0.0351. The Hall–Kier alpha value is -1.57. The van der Waals surface area contributed by atoms with E-state index in [0.29, 0.717) is 0 Å². The summed E-state index contributed by atoms with van der Waals surface area (Å²) in [6.45, 7) is 0. The number of nitrogens with one attached hydrogen (secondary N) is 1. The highest BCUT2D eigenvalue weighted by Crippen LogP contribution is 2.29.